The molecule has 2 saturated heterocycles. The lowest BCUT2D eigenvalue weighted by Crippen LogP contribution is -2.45. The average Bonchev–Trinajstić information content (AvgIpc) is 3.87. The zero-order chi connectivity index (χ0) is 36.6. The molecular formula is C41H58B2N4O4. The number of aryl methyl sites for hydroxylation is 1. The lowest BCUT2D eigenvalue weighted by atomic mass is 9.78. The highest BCUT2D eigenvalue weighted by Crippen LogP contribution is 2.43. The average molecular weight is 693 g/mol. The van der Waals surface area contributed by atoms with Crippen molar-refractivity contribution in [2.24, 2.45) is 5.92 Å². The Kier molecular flexibility index (Phi) is 10.8. The monoisotopic (exact) mass is 692 g/mol. The summed E-state index contributed by atoms with van der Waals surface area (Å²) < 4.78 is 30.4. The van der Waals surface area contributed by atoms with Gasteiger partial charge in [0, 0.05) is 36.1 Å². The molecule has 0 bridgehead atoms. The van der Waals surface area contributed by atoms with Gasteiger partial charge in [-0.2, -0.15) is 10.2 Å². The molecular weight excluding hydrogens is 634 g/mol. The van der Waals surface area contributed by atoms with Crippen molar-refractivity contribution in [1.82, 2.24) is 19.6 Å². The van der Waals surface area contributed by atoms with Crippen molar-refractivity contribution in [2.75, 3.05) is 0 Å². The summed E-state index contributed by atoms with van der Waals surface area (Å²) in [7, 11) is -0.746. The summed E-state index contributed by atoms with van der Waals surface area (Å²) in [5, 5.41) is 8.91. The van der Waals surface area contributed by atoms with Gasteiger partial charge in [-0.25, -0.2) is 0 Å². The molecule has 272 valence electrons. The predicted molar refractivity (Wildman–Crippen MR) is 208 cm³/mol. The summed E-state index contributed by atoms with van der Waals surface area (Å²) in [5.74, 6) is 0.608. The summed E-state index contributed by atoms with van der Waals surface area (Å²) in [5.41, 5.74) is 5.11. The molecule has 51 heavy (non-hydrogen) atoms. The molecule has 0 N–H and O–H groups in total. The highest BCUT2D eigenvalue weighted by Gasteiger charge is 2.55. The summed E-state index contributed by atoms with van der Waals surface area (Å²) in [6, 6.07) is 17.4. The van der Waals surface area contributed by atoms with Crippen LogP contribution in [0.15, 0.2) is 73.3 Å². The third-order valence-corrected chi connectivity index (χ3v) is 11.9. The zero-order valence-corrected chi connectivity index (χ0v) is 32.6. The van der Waals surface area contributed by atoms with E-state index in [1.165, 1.54) is 0 Å². The highest BCUT2D eigenvalue weighted by molar-refractivity contribution is 6.62. The van der Waals surface area contributed by atoms with Gasteiger partial charge in [0.25, 0.3) is 0 Å². The van der Waals surface area contributed by atoms with Gasteiger partial charge in [0.15, 0.2) is 0 Å². The van der Waals surface area contributed by atoms with Crippen molar-refractivity contribution in [1.29, 1.82) is 0 Å². The van der Waals surface area contributed by atoms with Gasteiger partial charge in [-0.05, 0) is 103 Å². The fraction of sp³-hybridized carbons (Fsp3) is 0.561. The van der Waals surface area contributed by atoms with Crippen LogP contribution in [0.1, 0.15) is 114 Å². The van der Waals surface area contributed by atoms with Crippen molar-refractivity contribution in [3.63, 3.8) is 0 Å². The van der Waals surface area contributed by atoms with Crippen LogP contribution in [0, 0.1) is 5.92 Å². The molecule has 2 aliphatic heterocycles. The van der Waals surface area contributed by atoms with Gasteiger partial charge in [-0.3, -0.25) is 9.36 Å². The molecule has 2 aromatic carbocycles. The van der Waals surface area contributed by atoms with Gasteiger partial charge in [0.2, 0.25) is 0 Å². The molecule has 0 saturated carbocycles. The van der Waals surface area contributed by atoms with Crippen LogP contribution < -0.4 is 10.9 Å². The minimum atomic E-state index is -0.396. The summed E-state index contributed by atoms with van der Waals surface area (Å²) >= 11 is 0. The fourth-order valence-electron chi connectivity index (χ4n) is 7.42. The largest absolute Gasteiger partial charge is 0.494 e. The minimum absolute atomic E-state index is 0.339. The smallest absolute Gasteiger partial charge is 0.399 e. The number of nitrogens with zero attached hydrogens (tertiary/aromatic N) is 4. The van der Waals surface area contributed by atoms with Crippen LogP contribution in [-0.4, -0.2) is 56.2 Å². The van der Waals surface area contributed by atoms with Gasteiger partial charge in [-0.15, -0.1) is 0 Å². The molecule has 8 nitrogen and oxygen atoms in total. The van der Waals surface area contributed by atoms with Crippen LogP contribution in [-0.2, 0) is 25.2 Å². The summed E-state index contributed by atoms with van der Waals surface area (Å²) in [6.45, 7) is 22.7. The van der Waals surface area contributed by atoms with E-state index in [4.69, 9.17) is 18.6 Å². The molecule has 0 aliphatic carbocycles. The van der Waals surface area contributed by atoms with E-state index in [9.17, 15) is 0 Å². The van der Waals surface area contributed by atoms with Crippen LogP contribution in [0.3, 0.4) is 0 Å². The zero-order valence-electron chi connectivity index (χ0n) is 32.6. The van der Waals surface area contributed by atoms with Crippen molar-refractivity contribution < 1.29 is 18.6 Å². The normalized spacial score (nSPS) is 23.4. The van der Waals surface area contributed by atoms with Gasteiger partial charge < -0.3 is 18.6 Å². The quantitative estimate of drug-likeness (QED) is 0.124. The lowest BCUT2D eigenvalue weighted by molar-refractivity contribution is -0.0196. The molecule has 0 amide bonds. The molecule has 6 rings (SSSR count). The van der Waals surface area contributed by atoms with Gasteiger partial charge in [-0.1, -0.05) is 81.1 Å². The Morgan fingerprint density at radius 1 is 0.608 bits per heavy atom. The Labute approximate surface area is 306 Å². The van der Waals surface area contributed by atoms with Crippen LogP contribution >= 0.6 is 0 Å². The number of aromatic nitrogens is 4. The molecule has 0 radical (unpaired) electrons. The van der Waals surface area contributed by atoms with Crippen LogP contribution in [0.4, 0.5) is 0 Å². The second kappa shape index (κ2) is 14.7. The first-order valence-electron chi connectivity index (χ1n) is 19.1. The first-order valence-corrected chi connectivity index (χ1v) is 19.1. The van der Waals surface area contributed by atoms with E-state index in [1.807, 2.05) is 21.8 Å². The predicted octanol–water partition coefficient (Wildman–Crippen LogP) is 8.25. The van der Waals surface area contributed by atoms with Crippen molar-refractivity contribution in [3.8, 4) is 22.3 Å². The number of benzene rings is 2. The van der Waals surface area contributed by atoms with E-state index in [0.29, 0.717) is 12.0 Å². The van der Waals surface area contributed by atoms with Crippen LogP contribution in [0.25, 0.3) is 22.3 Å². The van der Waals surface area contributed by atoms with E-state index < -0.39 is 11.2 Å². The standard InChI is InChI=1S/C41H58B2N4O4/c1-11-46-28-34(26-44-46)32-16-20-36(21-17-32)42-48-38(5,6)40(9,50-42)24-12-14-31(4)15-13-25-41(10)39(7,8)49-43(51-41)37-22-18-33(19-23-37)35-27-45-47(29-35)30(2)3/h16-23,26-31H,11-15,24-25H2,1-10H3. The molecule has 3 unspecified atom stereocenters. The maximum absolute atomic E-state index is 6.71. The van der Waals surface area contributed by atoms with Gasteiger partial charge in [0.05, 0.1) is 34.8 Å². The molecule has 10 heteroatoms. The molecule has 2 aliphatic rings. The van der Waals surface area contributed by atoms with E-state index in [0.717, 1.165) is 78.2 Å². The maximum atomic E-state index is 6.71. The minimum Gasteiger partial charge on any atom is -0.399 e. The second-order valence-corrected chi connectivity index (χ2v) is 16.6. The first-order chi connectivity index (χ1) is 24.1. The van der Waals surface area contributed by atoms with E-state index in [1.54, 1.807) is 0 Å². The Bertz CT molecular complexity index is 1750. The van der Waals surface area contributed by atoms with Crippen molar-refractivity contribution >= 4 is 25.2 Å². The SMILES string of the molecule is CCn1cc(-c2ccc(B3OC(C)(C)C(C)(CCCC(C)CCCC4(C)OB(c5ccc(-c6cnn(C(C)C)c6)cc5)OC4(C)C)O3)cc2)cn1. The van der Waals surface area contributed by atoms with Gasteiger partial charge >= 0.3 is 14.2 Å². The topological polar surface area (TPSA) is 72.6 Å². The molecule has 3 atom stereocenters. The molecule has 0 spiro atoms. The van der Waals surface area contributed by atoms with Crippen molar-refractivity contribution in [3.05, 3.63) is 73.3 Å². The Hall–Kier alpha value is -3.17. The van der Waals surface area contributed by atoms with Crippen LogP contribution in [0.2, 0.25) is 0 Å². The number of hydrogen-bond acceptors (Lipinski definition) is 6. The molecule has 4 aromatic rings. The van der Waals surface area contributed by atoms with E-state index in [-0.39, 0.29) is 25.4 Å². The van der Waals surface area contributed by atoms with Gasteiger partial charge in [0.1, 0.15) is 0 Å². The highest BCUT2D eigenvalue weighted by atomic mass is 16.7. The Morgan fingerprint density at radius 3 is 1.47 bits per heavy atom. The molecule has 4 heterocycles. The molecule has 2 fully saturated rings. The first kappa shape index (κ1) is 37.6. The maximum Gasteiger partial charge on any atom is 0.494 e. The fourth-order valence-corrected chi connectivity index (χ4v) is 7.42. The third-order valence-electron chi connectivity index (χ3n) is 11.9. The van der Waals surface area contributed by atoms with E-state index in [2.05, 4.69) is 140 Å². The number of hydrogen-bond donors (Lipinski definition) is 0. The molecule has 2 aromatic heterocycles. The summed E-state index contributed by atoms with van der Waals surface area (Å²) in [6.07, 6.45) is 14.4. The number of rotatable bonds is 14. The lowest BCUT2D eigenvalue weighted by Gasteiger charge is -2.37. The summed E-state index contributed by atoms with van der Waals surface area (Å²) in [4.78, 5) is 0. The van der Waals surface area contributed by atoms with Crippen molar-refractivity contribution in [2.45, 2.75) is 143 Å². The Morgan fingerprint density at radius 2 is 1.06 bits per heavy atom. The third kappa shape index (κ3) is 7.95. The second-order valence-electron chi connectivity index (χ2n) is 16.6. The van der Waals surface area contributed by atoms with E-state index >= 15 is 0 Å². The Balaban J connectivity index is 0.966. The van der Waals surface area contributed by atoms with Crippen LogP contribution in [0.5, 0.6) is 0 Å².